The van der Waals surface area contributed by atoms with Crippen molar-refractivity contribution in [1.82, 2.24) is 15.3 Å². The lowest BCUT2D eigenvalue weighted by atomic mass is 9.81. The van der Waals surface area contributed by atoms with Crippen molar-refractivity contribution < 1.29 is 40.3 Å². The Labute approximate surface area is 221 Å². The number of carbonyl (C=O) groups excluding carboxylic acids is 1. The first-order valence-electron chi connectivity index (χ1n) is 11.4. The minimum Gasteiger partial charge on any atom is -0.373 e. The Kier molecular flexibility index (Phi) is 8.03. The van der Waals surface area contributed by atoms with Gasteiger partial charge in [-0.3, -0.25) is 9.59 Å². The molecular formula is C25H19ClF7N3O3. The number of aromatic amines is 1. The number of benzene rings is 2. The van der Waals surface area contributed by atoms with Crippen LogP contribution in [0.15, 0.2) is 47.3 Å². The van der Waals surface area contributed by atoms with Crippen molar-refractivity contribution in [3.63, 3.8) is 0 Å². The van der Waals surface area contributed by atoms with Gasteiger partial charge in [0.2, 0.25) is 5.91 Å². The third-order valence-corrected chi connectivity index (χ3v) is 6.37. The molecule has 3 aromatic rings. The van der Waals surface area contributed by atoms with Crippen molar-refractivity contribution in [2.24, 2.45) is 5.92 Å². The normalized spacial score (nSPS) is 17.5. The molecule has 6 nitrogen and oxygen atoms in total. The fraction of sp³-hybridized carbons (Fsp3) is 0.320. The van der Waals surface area contributed by atoms with Crippen LogP contribution in [0.2, 0.25) is 5.02 Å². The van der Waals surface area contributed by atoms with Crippen LogP contribution in [-0.4, -0.2) is 22.0 Å². The third kappa shape index (κ3) is 6.77. The van der Waals surface area contributed by atoms with E-state index in [1.54, 1.807) is 29.2 Å². The Morgan fingerprint density at radius 2 is 1.72 bits per heavy atom. The maximum Gasteiger partial charge on any atom is 0.433 e. The number of carbonyl (C=O) groups is 1. The van der Waals surface area contributed by atoms with Crippen molar-refractivity contribution >= 4 is 17.5 Å². The molecule has 0 saturated heterocycles. The van der Waals surface area contributed by atoms with E-state index >= 15 is 4.39 Å². The monoisotopic (exact) mass is 577 g/mol. The van der Waals surface area contributed by atoms with E-state index in [0.29, 0.717) is 30.5 Å². The van der Waals surface area contributed by atoms with E-state index in [0.717, 1.165) is 11.6 Å². The number of alkyl halides is 6. The van der Waals surface area contributed by atoms with E-state index in [-0.39, 0.29) is 12.2 Å². The number of rotatable bonds is 7. The zero-order chi connectivity index (χ0) is 28.5. The summed E-state index contributed by atoms with van der Waals surface area (Å²) in [4.78, 5) is 28.9. The first kappa shape index (κ1) is 28.6. The molecule has 2 N–H and O–H groups in total. The van der Waals surface area contributed by atoms with E-state index in [1.165, 1.54) is 0 Å². The summed E-state index contributed by atoms with van der Waals surface area (Å²) in [6.07, 6.45) is -9.81. The van der Waals surface area contributed by atoms with Crippen molar-refractivity contribution in [3.8, 4) is 11.4 Å². The van der Waals surface area contributed by atoms with Crippen LogP contribution in [0.25, 0.3) is 11.4 Å². The van der Waals surface area contributed by atoms with Gasteiger partial charge < -0.3 is 15.0 Å². The molecule has 0 radical (unpaired) electrons. The lowest BCUT2D eigenvalue weighted by molar-refractivity contribution is -0.141. The minimum atomic E-state index is -5.18. The van der Waals surface area contributed by atoms with E-state index in [1.807, 2.05) is 0 Å². The molecule has 4 rings (SSSR count). The number of halogens is 8. The Morgan fingerprint density at radius 1 is 1.05 bits per heavy atom. The zero-order valence-electron chi connectivity index (χ0n) is 19.7. The molecule has 1 aromatic heterocycles. The smallest absolute Gasteiger partial charge is 0.373 e. The number of hydrogen-bond acceptors (Lipinski definition) is 4. The molecule has 1 heterocycles. The minimum absolute atomic E-state index is 0.0454. The lowest BCUT2D eigenvalue weighted by Gasteiger charge is -2.34. The quantitative estimate of drug-likeness (QED) is 0.344. The van der Waals surface area contributed by atoms with Crippen LogP contribution in [-0.2, 0) is 35.0 Å². The number of nitrogens with one attached hydrogen (secondary N) is 2. The fourth-order valence-corrected chi connectivity index (χ4v) is 4.11. The summed E-state index contributed by atoms with van der Waals surface area (Å²) in [7, 11) is 0. The Bertz CT molecular complexity index is 1420. The number of aromatic nitrogens is 2. The second-order valence-corrected chi connectivity index (χ2v) is 9.32. The number of nitrogens with zero attached hydrogens (tertiary/aromatic N) is 1. The van der Waals surface area contributed by atoms with Gasteiger partial charge in [-0.05, 0) is 36.6 Å². The van der Waals surface area contributed by atoms with Crippen molar-refractivity contribution in [1.29, 1.82) is 0 Å². The average molecular weight is 578 g/mol. The van der Waals surface area contributed by atoms with Crippen molar-refractivity contribution in [2.75, 3.05) is 0 Å². The van der Waals surface area contributed by atoms with E-state index in [9.17, 15) is 35.9 Å². The van der Waals surface area contributed by atoms with Crippen molar-refractivity contribution in [2.45, 2.75) is 44.4 Å². The maximum absolute atomic E-state index is 15.3. The van der Waals surface area contributed by atoms with Gasteiger partial charge in [0.05, 0.1) is 23.8 Å². The standard InChI is InChI=1S/C25H19ClF7N3O3/c26-15-4-1-12(2-5-15)11-39-16-7-14(8-16)23(38)34-10-13-3-6-17(24(28,29)30)20(21(13)27)22-35-18(25(31,32)33)9-19(37)36-22/h1-6,9,14,16H,7-8,10-11H2,(H,34,38)(H,35,36,37). The first-order chi connectivity index (χ1) is 18.2. The summed E-state index contributed by atoms with van der Waals surface area (Å²) in [5, 5.41) is 3.00. The van der Waals surface area contributed by atoms with Crippen LogP contribution < -0.4 is 10.9 Å². The molecule has 208 valence electrons. The Hall–Kier alpha value is -3.45. The molecule has 1 amide bonds. The highest BCUT2D eigenvalue weighted by atomic mass is 35.5. The van der Waals surface area contributed by atoms with Crippen LogP contribution in [0.4, 0.5) is 30.7 Å². The predicted molar refractivity (Wildman–Crippen MR) is 125 cm³/mol. The molecule has 1 fully saturated rings. The molecule has 39 heavy (non-hydrogen) atoms. The molecule has 14 heteroatoms. The zero-order valence-corrected chi connectivity index (χ0v) is 20.5. The molecular weight excluding hydrogens is 559 g/mol. The summed E-state index contributed by atoms with van der Waals surface area (Å²) in [5.41, 5.74) is -5.77. The highest BCUT2D eigenvalue weighted by Crippen LogP contribution is 2.39. The number of ether oxygens (including phenoxy) is 1. The summed E-state index contributed by atoms with van der Waals surface area (Å²) in [6, 6.07) is 8.26. The number of hydrogen-bond donors (Lipinski definition) is 2. The van der Waals surface area contributed by atoms with E-state index in [4.69, 9.17) is 16.3 Å². The van der Waals surface area contributed by atoms with Crippen LogP contribution in [0.5, 0.6) is 0 Å². The molecule has 1 saturated carbocycles. The summed E-state index contributed by atoms with van der Waals surface area (Å²) in [6.45, 7) is -0.243. The highest BCUT2D eigenvalue weighted by Gasteiger charge is 2.39. The van der Waals surface area contributed by atoms with Gasteiger partial charge in [0.1, 0.15) is 11.6 Å². The van der Waals surface area contributed by atoms with Gasteiger partial charge in [0.15, 0.2) is 5.69 Å². The summed E-state index contributed by atoms with van der Waals surface area (Å²) >= 11 is 5.83. The second kappa shape index (κ2) is 11.0. The topological polar surface area (TPSA) is 84.1 Å². The molecule has 0 unspecified atom stereocenters. The van der Waals surface area contributed by atoms with Gasteiger partial charge in [-0.25, -0.2) is 9.37 Å². The molecule has 1 aliphatic rings. The van der Waals surface area contributed by atoms with Crippen LogP contribution >= 0.6 is 11.6 Å². The van der Waals surface area contributed by atoms with E-state index in [2.05, 4.69) is 10.3 Å². The number of H-pyrrole nitrogens is 1. The van der Waals surface area contributed by atoms with Crippen LogP contribution in [0.1, 0.15) is 35.2 Å². The molecule has 1 aliphatic carbocycles. The van der Waals surface area contributed by atoms with Gasteiger partial charge in [-0.1, -0.05) is 29.8 Å². The third-order valence-electron chi connectivity index (χ3n) is 6.11. The molecule has 2 aromatic carbocycles. The number of amides is 1. The molecule has 0 aliphatic heterocycles. The molecule has 0 bridgehead atoms. The largest absolute Gasteiger partial charge is 0.433 e. The Balaban J connectivity index is 1.46. The fourth-order valence-electron chi connectivity index (χ4n) is 3.98. The SMILES string of the molecule is O=C(NCc1ccc(C(F)(F)F)c(-c2nc(C(F)(F)F)cc(=O)[nH]2)c1F)C1CC(OCc2ccc(Cl)cc2)C1. The van der Waals surface area contributed by atoms with Crippen LogP contribution in [0, 0.1) is 11.7 Å². The van der Waals surface area contributed by atoms with Gasteiger partial charge in [-0.2, -0.15) is 26.3 Å². The highest BCUT2D eigenvalue weighted by molar-refractivity contribution is 6.30. The van der Waals surface area contributed by atoms with Gasteiger partial charge in [-0.15, -0.1) is 0 Å². The van der Waals surface area contributed by atoms with Crippen molar-refractivity contribution in [3.05, 3.63) is 86.0 Å². The second-order valence-electron chi connectivity index (χ2n) is 8.88. The molecule has 0 atom stereocenters. The predicted octanol–water partition coefficient (Wildman–Crippen LogP) is 5.88. The van der Waals surface area contributed by atoms with E-state index < -0.39 is 70.3 Å². The van der Waals surface area contributed by atoms with Crippen LogP contribution in [0.3, 0.4) is 0 Å². The van der Waals surface area contributed by atoms with Gasteiger partial charge in [0.25, 0.3) is 5.56 Å². The summed E-state index contributed by atoms with van der Waals surface area (Å²) in [5.74, 6) is -3.79. The lowest BCUT2D eigenvalue weighted by Crippen LogP contribution is -2.42. The summed E-state index contributed by atoms with van der Waals surface area (Å²) < 4.78 is 101. The maximum atomic E-state index is 15.3. The van der Waals surface area contributed by atoms with Gasteiger partial charge >= 0.3 is 12.4 Å². The average Bonchev–Trinajstić information content (AvgIpc) is 2.81. The first-order valence-corrected chi connectivity index (χ1v) is 11.8. The molecule has 0 spiro atoms. The van der Waals surface area contributed by atoms with Gasteiger partial charge in [0, 0.05) is 29.1 Å². The Morgan fingerprint density at radius 3 is 2.33 bits per heavy atom.